The van der Waals surface area contributed by atoms with Crippen LogP contribution in [0.5, 0.6) is 0 Å². The quantitative estimate of drug-likeness (QED) is 0.792. The van der Waals surface area contributed by atoms with E-state index >= 15 is 0 Å². The van der Waals surface area contributed by atoms with Gasteiger partial charge in [0.05, 0.1) is 23.0 Å². The average molecular weight is 389 g/mol. The number of nitrogens with zero attached hydrogens (tertiary/aromatic N) is 3. The number of hydrogen-bond donors (Lipinski definition) is 0. The zero-order valence-corrected chi connectivity index (χ0v) is 16.5. The fourth-order valence-corrected chi connectivity index (χ4v) is 5.66. The summed E-state index contributed by atoms with van der Waals surface area (Å²) in [5.41, 5.74) is 2.00. The topological polar surface area (TPSA) is 74.1 Å². The number of anilines is 2. The van der Waals surface area contributed by atoms with Gasteiger partial charge < -0.3 is 9.32 Å². The maximum Gasteiger partial charge on any atom is 0.326 e. The number of piperidine rings is 1. The summed E-state index contributed by atoms with van der Waals surface area (Å²) >= 11 is 0. The molecule has 2 aliphatic rings. The van der Waals surface area contributed by atoms with Crippen molar-refractivity contribution in [3.8, 4) is 0 Å². The van der Waals surface area contributed by atoms with Gasteiger partial charge in [-0.2, -0.15) is 8.42 Å². The molecule has 1 aromatic heterocycles. The second-order valence-corrected chi connectivity index (χ2v) is 8.95. The van der Waals surface area contributed by atoms with E-state index in [2.05, 4.69) is 0 Å². The van der Waals surface area contributed by atoms with Crippen molar-refractivity contribution in [1.82, 2.24) is 4.90 Å². The lowest BCUT2D eigenvalue weighted by Crippen LogP contribution is -2.49. The fourth-order valence-electron chi connectivity index (χ4n) is 4.00. The molecule has 144 valence electrons. The molecule has 8 heteroatoms. The molecule has 1 amide bonds. The minimum Gasteiger partial charge on any atom is -0.466 e. The Balaban J connectivity index is 1.53. The van der Waals surface area contributed by atoms with Gasteiger partial charge in [0.15, 0.2) is 0 Å². The highest BCUT2D eigenvalue weighted by atomic mass is 32.2. The number of rotatable bonds is 2. The van der Waals surface area contributed by atoms with Gasteiger partial charge in [-0.25, -0.2) is 4.31 Å². The lowest BCUT2D eigenvalue weighted by Gasteiger charge is -2.36. The van der Waals surface area contributed by atoms with Crippen molar-refractivity contribution in [2.45, 2.75) is 32.7 Å². The minimum absolute atomic E-state index is 0.0513. The summed E-state index contributed by atoms with van der Waals surface area (Å²) in [5.74, 6) is 1.29. The standard InChI is InChI=1S/C19H23N3O4S/c1-13-12-16(14(2)26-13)19(23)21-10-8-15(9-11-21)22-18-7-5-4-6-17(18)20(3)27(22,24)25/h4-7,12,15H,8-11H2,1-3H3. The largest absolute Gasteiger partial charge is 0.466 e. The van der Waals surface area contributed by atoms with Crippen LogP contribution in [0.3, 0.4) is 0 Å². The number of carbonyl (C=O) groups excluding carboxylic acids is 1. The summed E-state index contributed by atoms with van der Waals surface area (Å²) < 4.78 is 34.1. The van der Waals surface area contributed by atoms with Crippen molar-refractivity contribution in [2.75, 3.05) is 28.7 Å². The maximum absolute atomic E-state index is 12.9. The van der Waals surface area contributed by atoms with Gasteiger partial charge in [0.1, 0.15) is 11.5 Å². The first-order valence-corrected chi connectivity index (χ1v) is 10.4. The number of carbonyl (C=O) groups is 1. The van der Waals surface area contributed by atoms with E-state index < -0.39 is 10.2 Å². The summed E-state index contributed by atoms with van der Waals surface area (Å²) in [7, 11) is -1.99. The number of likely N-dealkylation sites (tertiary alicyclic amines) is 1. The molecule has 4 rings (SSSR count). The molecule has 0 atom stereocenters. The zero-order chi connectivity index (χ0) is 19.3. The van der Waals surface area contributed by atoms with Crippen LogP contribution in [0.15, 0.2) is 34.7 Å². The van der Waals surface area contributed by atoms with Crippen molar-refractivity contribution >= 4 is 27.5 Å². The number of hydrogen-bond acceptors (Lipinski definition) is 4. The smallest absolute Gasteiger partial charge is 0.326 e. The summed E-state index contributed by atoms with van der Waals surface area (Å²) in [6.45, 7) is 4.65. The van der Waals surface area contributed by atoms with Gasteiger partial charge in [-0.15, -0.1) is 0 Å². The number of para-hydroxylation sites is 2. The molecule has 1 fully saturated rings. The highest BCUT2D eigenvalue weighted by Gasteiger charge is 2.43. The molecule has 3 heterocycles. The average Bonchev–Trinajstić information content (AvgIpc) is 3.08. The van der Waals surface area contributed by atoms with Gasteiger partial charge in [0.2, 0.25) is 0 Å². The molecule has 0 unspecified atom stereocenters. The number of aryl methyl sites for hydroxylation is 2. The highest BCUT2D eigenvalue weighted by Crippen LogP contribution is 2.42. The second-order valence-electron chi connectivity index (χ2n) is 7.11. The van der Waals surface area contributed by atoms with Gasteiger partial charge >= 0.3 is 10.2 Å². The Bertz CT molecular complexity index is 990. The third-order valence-corrected chi connectivity index (χ3v) is 7.29. The Hall–Kier alpha value is -2.48. The van der Waals surface area contributed by atoms with Crippen LogP contribution < -0.4 is 8.61 Å². The Morgan fingerprint density at radius 1 is 1.11 bits per heavy atom. The normalized spacial score (nSPS) is 19.4. The van der Waals surface area contributed by atoms with E-state index in [9.17, 15) is 13.2 Å². The van der Waals surface area contributed by atoms with Gasteiger partial charge in [-0.05, 0) is 44.9 Å². The van der Waals surface area contributed by atoms with Crippen LogP contribution >= 0.6 is 0 Å². The van der Waals surface area contributed by atoms with Crippen LogP contribution in [-0.2, 0) is 10.2 Å². The van der Waals surface area contributed by atoms with Crippen LogP contribution in [0.2, 0.25) is 0 Å². The van der Waals surface area contributed by atoms with Crippen LogP contribution in [0.4, 0.5) is 11.4 Å². The number of fused-ring (bicyclic) bond motifs is 1. The first-order chi connectivity index (χ1) is 12.8. The molecule has 0 radical (unpaired) electrons. The predicted molar refractivity (Wildman–Crippen MR) is 103 cm³/mol. The molecule has 0 aliphatic carbocycles. The fraction of sp³-hybridized carbons (Fsp3) is 0.421. The monoisotopic (exact) mass is 389 g/mol. The molecular weight excluding hydrogens is 366 g/mol. The van der Waals surface area contributed by atoms with E-state index in [1.165, 1.54) is 8.61 Å². The van der Waals surface area contributed by atoms with Gasteiger partial charge in [-0.1, -0.05) is 12.1 Å². The van der Waals surface area contributed by atoms with E-state index in [-0.39, 0.29) is 11.9 Å². The molecule has 0 saturated carbocycles. The van der Waals surface area contributed by atoms with Gasteiger partial charge in [0.25, 0.3) is 5.91 Å². The van der Waals surface area contributed by atoms with Crippen molar-refractivity contribution in [3.63, 3.8) is 0 Å². The van der Waals surface area contributed by atoms with Crippen molar-refractivity contribution in [1.29, 1.82) is 0 Å². The number of benzene rings is 1. The van der Waals surface area contributed by atoms with Crippen LogP contribution in [0.25, 0.3) is 0 Å². The SMILES string of the molecule is Cc1cc(C(=O)N2CCC(N3c4ccccc4N(C)S3(=O)=O)CC2)c(C)o1. The first kappa shape index (κ1) is 17.9. The van der Waals surface area contributed by atoms with E-state index in [0.717, 1.165) is 0 Å². The number of amides is 1. The maximum atomic E-state index is 12.9. The second kappa shape index (κ2) is 6.30. The summed E-state index contributed by atoms with van der Waals surface area (Å²) in [4.78, 5) is 14.5. The Morgan fingerprint density at radius 3 is 2.33 bits per heavy atom. The minimum atomic E-state index is -3.57. The molecule has 0 N–H and O–H groups in total. The molecule has 0 bridgehead atoms. The summed E-state index contributed by atoms with van der Waals surface area (Å²) in [5, 5.41) is 0. The lowest BCUT2D eigenvalue weighted by atomic mass is 10.0. The third-order valence-electron chi connectivity index (χ3n) is 5.41. The van der Waals surface area contributed by atoms with E-state index in [0.29, 0.717) is 54.4 Å². The van der Waals surface area contributed by atoms with Crippen LogP contribution in [0.1, 0.15) is 34.7 Å². The van der Waals surface area contributed by atoms with Crippen LogP contribution in [-0.4, -0.2) is 45.4 Å². The number of furan rings is 1. The molecule has 2 aliphatic heterocycles. The van der Waals surface area contributed by atoms with Crippen molar-refractivity contribution < 1.29 is 17.6 Å². The van der Waals surface area contributed by atoms with Crippen molar-refractivity contribution in [3.05, 3.63) is 47.4 Å². The molecule has 7 nitrogen and oxygen atoms in total. The molecule has 2 aromatic rings. The van der Waals surface area contributed by atoms with Gasteiger partial charge in [0, 0.05) is 20.1 Å². The summed E-state index contributed by atoms with van der Waals surface area (Å²) in [6, 6.07) is 8.95. The summed E-state index contributed by atoms with van der Waals surface area (Å²) in [6.07, 6.45) is 1.20. The van der Waals surface area contributed by atoms with E-state index in [1.807, 2.05) is 31.2 Å². The Kier molecular flexibility index (Phi) is 4.18. The first-order valence-electron chi connectivity index (χ1n) is 9.04. The highest BCUT2D eigenvalue weighted by molar-refractivity contribution is 7.94. The third kappa shape index (κ3) is 2.79. The van der Waals surface area contributed by atoms with E-state index in [4.69, 9.17) is 4.42 Å². The molecule has 0 spiro atoms. The van der Waals surface area contributed by atoms with Crippen molar-refractivity contribution in [2.24, 2.45) is 0 Å². The Morgan fingerprint density at radius 2 is 1.74 bits per heavy atom. The predicted octanol–water partition coefficient (Wildman–Crippen LogP) is 2.70. The Labute approximate surface area is 159 Å². The van der Waals surface area contributed by atoms with Crippen LogP contribution in [0, 0.1) is 13.8 Å². The molecule has 1 aromatic carbocycles. The molecular formula is C19H23N3O4S. The zero-order valence-electron chi connectivity index (χ0n) is 15.7. The molecule has 27 heavy (non-hydrogen) atoms. The lowest BCUT2D eigenvalue weighted by molar-refractivity contribution is 0.0714. The van der Waals surface area contributed by atoms with E-state index in [1.54, 1.807) is 24.9 Å². The van der Waals surface area contributed by atoms with Gasteiger partial charge in [-0.3, -0.25) is 9.10 Å². The molecule has 1 saturated heterocycles.